The Balaban J connectivity index is 2.51. The molecule has 0 amide bonds. The first-order valence-electron chi connectivity index (χ1n) is 4.59. The predicted octanol–water partition coefficient (Wildman–Crippen LogP) is 1.25. The van der Waals surface area contributed by atoms with Gasteiger partial charge in [-0.3, -0.25) is 5.10 Å². The molecule has 0 atom stereocenters. The Morgan fingerprint density at radius 3 is 3.00 bits per heavy atom. The highest BCUT2D eigenvalue weighted by molar-refractivity contribution is 5.16. The maximum atomic E-state index is 5.44. The molecule has 0 aromatic carbocycles. The van der Waals surface area contributed by atoms with Crippen molar-refractivity contribution in [1.82, 2.24) is 10.2 Å². The monoisotopic (exact) mass is 167 g/mol. The fourth-order valence-corrected chi connectivity index (χ4v) is 1.31. The lowest BCUT2D eigenvalue weighted by atomic mass is 10.1. The van der Waals surface area contributed by atoms with Gasteiger partial charge in [-0.25, -0.2) is 0 Å². The second-order valence-corrected chi connectivity index (χ2v) is 3.02. The first-order valence-corrected chi connectivity index (χ1v) is 4.59. The van der Waals surface area contributed by atoms with Gasteiger partial charge in [-0.2, -0.15) is 5.10 Å². The topological polar surface area (TPSA) is 54.7 Å². The van der Waals surface area contributed by atoms with Gasteiger partial charge >= 0.3 is 0 Å². The number of H-pyrrole nitrogens is 1. The summed E-state index contributed by atoms with van der Waals surface area (Å²) < 4.78 is 0. The quantitative estimate of drug-likeness (QED) is 0.693. The zero-order chi connectivity index (χ0) is 8.81. The van der Waals surface area contributed by atoms with E-state index in [0.29, 0.717) is 0 Å². The standard InChI is InChI=1S/C9H17N3/c1-2-4-9-8(5-3-6-10)7-11-12-9/h7H,2-6,10H2,1H3,(H,11,12). The minimum Gasteiger partial charge on any atom is -0.330 e. The lowest BCUT2D eigenvalue weighted by molar-refractivity contribution is 0.803. The molecule has 0 spiro atoms. The van der Waals surface area contributed by atoms with Crippen molar-refractivity contribution >= 4 is 0 Å². The van der Waals surface area contributed by atoms with Gasteiger partial charge in [0.1, 0.15) is 0 Å². The maximum absolute atomic E-state index is 5.44. The minimum atomic E-state index is 0.761. The molecule has 0 saturated heterocycles. The Morgan fingerprint density at radius 1 is 1.50 bits per heavy atom. The molecule has 0 aliphatic rings. The van der Waals surface area contributed by atoms with Crippen molar-refractivity contribution in [2.45, 2.75) is 32.6 Å². The summed E-state index contributed by atoms with van der Waals surface area (Å²) in [4.78, 5) is 0. The summed E-state index contributed by atoms with van der Waals surface area (Å²) in [6.07, 6.45) is 6.29. The van der Waals surface area contributed by atoms with Crippen molar-refractivity contribution in [3.63, 3.8) is 0 Å². The number of aryl methyl sites for hydroxylation is 2. The van der Waals surface area contributed by atoms with Gasteiger partial charge in [0.15, 0.2) is 0 Å². The van der Waals surface area contributed by atoms with E-state index >= 15 is 0 Å². The second kappa shape index (κ2) is 4.93. The molecule has 0 fully saturated rings. The van der Waals surface area contributed by atoms with Crippen molar-refractivity contribution in [2.24, 2.45) is 5.73 Å². The molecule has 0 bridgehead atoms. The molecule has 3 N–H and O–H groups in total. The van der Waals surface area contributed by atoms with Crippen LogP contribution in [0, 0.1) is 0 Å². The van der Waals surface area contributed by atoms with Gasteiger partial charge in [0.05, 0.1) is 6.20 Å². The van der Waals surface area contributed by atoms with E-state index in [9.17, 15) is 0 Å². The zero-order valence-corrected chi connectivity index (χ0v) is 7.64. The van der Waals surface area contributed by atoms with Crippen LogP contribution < -0.4 is 5.73 Å². The molecule has 0 aliphatic carbocycles. The van der Waals surface area contributed by atoms with Gasteiger partial charge in [0.2, 0.25) is 0 Å². The number of aromatic amines is 1. The van der Waals surface area contributed by atoms with Crippen LogP contribution in [0.15, 0.2) is 6.20 Å². The molecule has 3 nitrogen and oxygen atoms in total. The number of rotatable bonds is 5. The fourth-order valence-electron chi connectivity index (χ4n) is 1.31. The van der Waals surface area contributed by atoms with Crippen molar-refractivity contribution in [3.8, 4) is 0 Å². The van der Waals surface area contributed by atoms with Crippen LogP contribution in [0.1, 0.15) is 31.0 Å². The van der Waals surface area contributed by atoms with E-state index in [0.717, 1.165) is 32.2 Å². The summed E-state index contributed by atoms with van der Waals surface area (Å²) >= 11 is 0. The van der Waals surface area contributed by atoms with Crippen LogP contribution in [0.5, 0.6) is 0 Å². The Labute approximate surface area is 73.4 Å². The Kier molecular flexibility index (Phi) is 3.80. The summed E-state index contributed by atoms with van der Waals surface area (Å²) in [5.74, 6) is 0. The molecule has 1 aromatic heterocycles. The van der Waals surface area contributed by atoms with Gasteiger partial charge in [-0.15, -0.1) is 0 Å². The zero-order valence-electron chi connectivity index (χ0n) is 7.64. The van der Waals surface area contributed by atoms with E-state index in [1.54, 1.807) is 0 Å². The van der Waals surface area contributed by atoms with E-state index in [4.69, 9.17) is 5.73 Å². The number of aromatic nitrogens is 2. The van der Waals surface area contributed by atoms with Crippen LogP contribution in [0.4, 0.5) is 0 Å². The lowest BCUT2D eigenvalue weighted by Gasteiger charge is -1.99. The van der Waals surface area contributed by atoms with Crippen LogP contribution in [0.25, 0.3) is 0 Å². The summed E-state index contributed by atoms with van der Waals surface area (Å²) in [7, 11) is 0. The molecule has 0 radical (unpaired) electrons. The smallest absolute Gasteiger partial charge is 0.0522 e. The van der Waals surface area contributed by atoms with Crippen molar-refractivity contribution < 1.29 is 0 Å². The first kappa shape index (κ1) is 9.26. The molecule has 68 valence electrons. The third kappa shape index (κ3) is 2.34. The second-order valence-electron chi connectivity index (χ2n) is 3.02. The predicted molar refractivity (Wildman–Crippen MR) is 50.0 cm³/mol. The van der Waals surface area contributed by atoms with Gasteiger partial charge in [-0.1, -0.05) is 13.3 Å². The van der Waals surface area contributed by atoms with E-state index in [1.807, 2.05) is 6.20 Å². The van der Waals surface area contributed by atoms with E-state index < -0.39 is 0 Å². The molecule has 0 aliphatic heterocycles. The number of nitrogens with one attached hydrogen (secondary N) is 1. The highest BCUT2D eigenvalue weighted by Gasteiger charge is 2.02. The summed E-state index contributed by atoms with van der Waals surface area (Å²) in [6, 6.07) is 0. The number of nitrogens with zero attached hydrogens (tertiary/aromatic N) is 1. The van der Waals surface area contributed by atoms with E-state index in [1.165, 1.54) is 11.3 Å². The molecule has 12 heavy (non-hydrogen) atoms. The molecule has 0 unspecified atom stereocenters. The van der Waals surface area contributed by atoms with Crippen LogP contribution in [-0.2, 0) is 12.8 Å². The van der Waals surface area contributed by atoms with Crippen molar-refractivity contribution in [3.05, 3.63) is 17.5 Å². The van der Waals surface area contributed by atoms with Gasteiger partial charge in [0.25, 0.3) is 0 Å². The Hall–Kier alpha value is -0.830. The van der Waals surface area contributed by atoms with E-state index in [-0.39, 0.29) is 0 Å². The van der Waals surface area contributed by atoms with Crippen molar-refractivity contribution in [1.29, 1.82) is 0 Å². The summed E-state index contributed by atoms with van der Waals surface area (Å²) in [6.45, 7) is 2.93. The van der Waals surface area contributed by atoms with E-state index in [2.05, 4.69) is 17.1 Å². The third-order valence-corrected chi connectivity index (χ3v) is 1.96. The summed E-state index contributed by atoms with van der Waals surface area (Å²) in [5, 5.41) is 7.05. The molecule has 1 rings (SSSR count). The van der Waals surface area contributed by atoms with Crippen molar-refractivity contribution in [2.75, 3.05) is 6.54 Å². The highest BCUT2D eigenvalue weighted by Crippen LogP contribution is 2.08. The van der Waals surface area contributed by atoms with Gasteiger partial charge in [-0.05, 0) is 31.4 Å². The Bertz CT molecular complexity index is 217. The number of hydrogen-bond donors (Lipinski definition) is 2. The molecule has 1 aromatic rings. The molecular formula is C9H17N3. The van der Waals surface area contributed by atoms with Crippen LogP contribution >= 0.6 is 0 Å². The van der Waals surface area contributed by atoms with Gasteiger partial charge < -0.3 is 5.73 Å². The first-order chi connectivity index (χ1) is 5.88. The fraction of sp³-hybridized carbons (Fsp3) is 0.667. The maximum Gasteiger partial charge on any atom is 0.0522 e. The average Bonchev–Trinajstić information content (AvgIpc) is 2.50. The molecule has 0 saturated carbocycles. The van der Waals surface area contributed by atoms with Gasteiger partial charge in [0, 0.05) is 5.69 Å². The largest absolute Gasteiger partial charge is 0.330 e. The molecular weight excluding hydrogens is 150 g/mol. The SMILES string of the molecule is CCCc1[nH]ncc1CCCN. The van der Waals surface area contributed by atoms with Crippen LogP contribution in [0.2, 0.25) is 0 Å². The minimum absolute atomic E-state index is 0.761. The average molecular weight is 167 g/mol. The third-order valence-electron chi connectivity index (χ3n) is 1.96. The highest BCUT2D eigenvalue weighted by atomic mass is 15.1. The van der Waals surface area contributed by atoms with Crippen LogP contribution in [-0.4, -0.2) is 16.7 Å². The number of hydrogen-bond acceptors (Lipinski definition) is 2. The number of nitrogens with two attached hydrogens (primary N) is 1. The summed E-state index contributed by atoms with van der Waals surface area (Å²) in [5.41, 5.74) is 8.06. The lowest BCUT2D eigenvalue weighted by Crippen LogP contribution is -2.01. The Morgan fingerprint density at radius 2 is 2.33 bits per heavy atom. The molecule has 3 heteroatoms. The molecule has 1 heterocycles. The normalized spacial score (nSPS) is 10.5. The van der Waals surface area contributed by atoms with Crippen LogP contribution in [0.3, 0.4) is 0 Å².